The normalized spacial score (nSPS) is 14.7. The summed E-state index contributed by atoms with van der Waals surface area (Å²) < 4.78 is 0. The highest BCUT2D eigenvalue weighted by Crippen LogP contribution is 2.00. The van der Waals surface area contributed by atoms with Crippen molar-refractivity contribution < 1.29 is 0 Å². The molecule has 2 N–H and O–H groups in total. The molecule has 0 rings (SSSR count). The van der Waals surface area contributed by atoms with Crippen molar-refractivity contribution in [3.8, 4) is 0 Å². The topological polar surface area (TPSA) is 26.0 Å². The predicted molar refractivity (Wildman–Crippen MR) is 46.5 cm³/mol. The highest BCUT2D eigenvalue weighted by atomic mass is 14.5. The number of nitrogens with two attached hydrogens (primary N) is 1. The van der Waals surface area contributed by atoms with Crippen molar-refractivity contribution >= 4 is 0 Å². The third-order valence-electron chi connectivity index (χ3n) is 1.15. The molecule has 0 saturated carbocycles. The van der Waals surface area contributed by atoms with Crippen LogP contribution < -0.4 is 5.73 Å². The Kier molecular flexibility index (Phi) is 4.38. The molecule has 0 radical (unpaired) electrons. The zero-order chi connectivity index (χ0) is 7.98. The van der Waals surface area contributed by atoms with Crippen LogP contribution in [0.15, 0.2) is 35.6 Å². The van der Waals surface area contributed by atoms with E-state index in [1.807, 2.05) is 39.0 Å². The van der Waals surface area contributed by atoms with Gasteiger partial charge in [0.25, 0.3) is 0 Å². The standard InChI is InChI=1S/C9H15N/c1-4-5-8(2)6-9(3)7-10/h4-7H,10H2,1-3H3/b5-4-,8-6-,9-7-. The molecule has 10 heavy (non-hydrogen) atoms. The molecule has 0 saturated heterocycles. The molecule has 0 aliphatic carbocycles. The molecule has 0 aromatic carbocycles. The van der Waals surface area contributed by atoms with Gasteiger partial charge in [-0.1, -0.05) is 23.8 Å². The van der Waals surface area contributed by atoms with Crippen LogP contribution in [0.4, 0.5) is 0 Å². The quantitative estimate of drug-likeness (QED) is 0.581. The number of hydrogen-bond acceptors (Lipinski definition) is 1. The summed E-state index contributed by atoms with van der Waals surface area (Å²) in [5, 5.41) is 0. The van der Waals surface area contributed by atoms with Crippen LogP contribution in [0.3, 0.4) is 0 Å². The molecular formula is C9H15N. The number of allylic oxidation sites excluding steroid dienone is 5. The monoisotopic (exact) mass is 137 g/mol. The van der Waals surface area contributed by atoms with Crippen molar-refractivity contribution in [3.63, 3.8) is 0 Å². The van der Waals surface area contributed by atoms with E-state index in [2.05, 4.69) is 0 Å². The van der Waals surface area contributed by atoms with Crippen LogP contribution in [0.25, 0.3) is 0 Å². The number of rotatable bonds is 2. The minimum atomic E-state index is 1.09. The molecule has 0 atom stereocenters. The van der Waals surface area contributed by atoms with E-state index in [4.69, 9.17) is 5.73 Å². The van der Waals surface area contributed by atoms with Gasteiger partial charge in [-0.2, -0.15) is 0 Å². The molecule has 0 unspecified atom stereocenters. The first-order chi connectivity index (χ1) is 4.70. The van der Waals surface area contributed by atoms with Crippen LogP contribution in [-0.4, -0.2) is 0 Å². The SMILES string of the molecule is C\C=C/C(C)=C\C(C)=C/N. The summed E-state index contributed by atoms with van der Waals surface area (Å²) in [4.78, 5) is 0. The summed E-state index contributed by atoms with van der Waals surface area (Å²) in [5.74, 6) is 0. The van der Waals surface area contributed by atoms with Gasteiger partial charge in [0.05, 0.1) is 0 Å². The Bertz CT molecular complexity index is 173. The van der Waals surface area contributed by atoms with E-state index in [1.165, 1.54) is 5.57 Å². The van der Waals surface area contributed by atoms with Crippen LogP contribution in [0.2, 0.25) is 0 Å². The van der Waals surface area contributed by atoms with Crippen molar-refractivity contribution in [1.82, 2.24) is 0 Å². The minimum Gasteiger partial charge on any atom is -0.404 e. The van der Waals surface area contributed by atoms with Crippen molar-refractivity contribution in [3.05, 3.63) is 35.6 Å². The van der Waals surface area contributed by atoms with Gasteiger partial charge in [-0.05, 0) is 32.5 Å². The summed E-state index contributed by atoms with van der Waals surface area (Å²) in [7, 11) is 0. The molecule has 0 amide bonds. The van der Waals surface area contributed by atoms with Crippen molar-refractivity contribution in [1.29, 1.82) is 0 Å². The first-order valence-electron chi connectivity index (χ1n) is 3.40. The summed E-state index contributed by atoms with van der Waals surface area (Å²) in [6.45, 7) is 6.03. The molecule has 0 heterocycles. The van der Waals surface area contributed by atoms with Crippen molar-refractivity contribution in [2.24, 2.45) is 5.73 Å². The summed E-state index contributed by atoms with van der Waals surface area (Å²) in [5.41, 5.74) is 7.60. The minimum absolute atomic E-state index is 1.09. The molecule has 0 bridgehead atoms. The predicted octanol–water partition coefficient (Wildman–Crippen LogP) is 2.37. The first-order valence-corrected chi connectivity index (χ1v) is 3.40. The van der Waals surface area contributed by atoms with Gasteiger partial charge in [0.1, 0.15) is 0 Å². The Hall–Kier alpha value is -0.980. The fraction of sp³-hybridized carbons (Fsp3) is 0.333. The van der Waals surface area contributed by atoms with Gasteiger partial charge < -0.3 is 5.73 Å². The van der Waals surface area contributed by atoms with Crippen LogP contribution >= 0.6 is 0 Å². The molecule has 0 spiro atoms. The lowest BCUT2D eigenvalue weighted by Gasteiger charge is -1.91. The Labute approximate surface area is 62.9 Å². The largest absolute Gasteiger partial charge is 0.404 e. The summed E-state index contributed by atoms with van der Waals surface area (Å²) in [6.07, 6.45) is 7.70. The third-order valence-corrected chi connectivity index (χ3v) is 1.15. The zero-order valence-corrected chi connectivity index (χ0v) is 6.89. The van der Waals surface area contributed by atoms with Gasteiger partial charge in [0.15, 0.2) is 0 Å². The molecule has 0 aromatic rings. The lowest BCUT2D eigenvalue weighted by atomic mass is 10.2. The van der Waals surface area contributed by atoms with Crippen molar-refractivity contribution in [2.75, 3.05) is 0 Å². The van der Waals surface area contributed by atoms with E-state index < -0.39 is 0 Å². The van der Waals surface area contributed by atoms with Gasteiger partial charge in [-0.3, -0.25) is 0 Å². The fourth-order valence-corrected chi connectivity index (χ4v) is 0.718. The second kappa shape index (κ2) is 4.86. The molecule has 0 aliphatic rings. The second-order valence-corrected chi connectivity index (χ2v) is 2.30. The van der Waals surface area contributed by atoms with Crippen LogP contribution in [-0.2, 0) is 0 Å². The number of hydrogen-bond donors (Lipinski definition) is 1. The molecule has 0 fully saturated rings. The fourth-order valence-electron chi connectivity index (χ4n) is 0.718. The Morgan fingerprint density at radius 2 is 1.80 bits per heavy atom. The Morgan fingerprint density at radius 1 is 1.20 bits per heavy atom. The van der Waals surface area contributed by atoms with Gasteiger partial charge in [0, 0.05) is 0 Å². The lowest BCUT2D eigenvalue weighted by Crippen LogP contribution is -1.81. The second-order valence-electron chi connectivity index (χ2n) is 2.30. The maximum atomic E-state index is 5.29. The van der Waals surface area contributed by atoms with E-state index in [0.29, 0.717) is 0 Å². The van der Waals surface area contributed by atoms with E-state index in [1.54, 1.807) is 6.20 Å². The lowest BCUT2D eigenvalue weighted by molar-refractivity contribution is 1.38. The highest BCUT2D eigenvalue weighted by molar-refractivity contribution is 5.26. The Balaban J connectivity index is 4.16. The van der Waals surface area contributed by atoms with Gasteiger partial charge >= 0.3 is 0 Å². The molecule has 0 aliphatic heterocycles. The average molecular weight is 137 g/mol. The maximum Gasteiger partial charge on any atom is -0.00324 e. The van der Waals surface area contributed by atoms with E-state index >= 15 is 0 Å². The molecule has 1 nitrogen and oxygen atoms in total. The molecular weight excluding hydrogens is 122 g/mol. The molecule has 56 valence electrons. The Morgan fingerprint density at radius 3 is 2.20 bits per heavy atom. The van der Waals surface area contributed by atoms with E-state index in [-0.39, 0.29) is 0 Å². The van der Waals surface area contributed by atoms with Crippen LogP contribution in [0, 0.1) is 0 Å². The maximum absolute atomic E-state index is 5.29. The highest BCUT2D eigenvalue weighted by Gasteiger charge is 1.81. The van der Waals surface area contributed by atoms with E-state index in [0.717, 1.165) is 5.57 Å². The third kappa shape index (κ3) is 3.96. The van der Waals surface area contributed by atoms with Gasteiger partial charge in [0.2, 0.25) is 0 Å². The summed E-state index contributed by atoms with van der Waals surface area (Å²) in [6, 6.07) is 0. The molecule has 0 aromatic heterocycles. The first kappa shape index (κ1) is 9.02. The van der Waals surface area contributed by atoms with Gasteiger partial charge in [-0.15, -0.1) is 0 Å². The molecule has 1 heteroatoms. The smallest absolute Gasteiger partial charge is 0.00324 e. The summed E-state index contributed by atoms with van der Waals surface area (Å²) >= 11 is 0. The zero-order valence-electron chi connectivity index (χ0n) is 6.89. The average Bonchev–Trinajstić information content (AvgIpc) is 1.88. The van der Waals surface area contributed by atoms with Crippen LogP contribution in [0.5, 0.6) is 0 Å². The van der Waals surface area contributed by atoms with Crippen LogP contribution in [0.1, 0.15) is 20.8 Å². The van der Waals surface area contributed by atoms with E-state index in [9.17, 15) is 0 Å². The van der Waals surface area contributed by atoms with Gasteiger partial charge in [-0.25, -0.2) is 0 Å². The van der Waals surface area contributed by atoms with Crippen molar-refractivity contribution in [2.45, 2.75) is 20.8 Å².